The summed E-state index contributed by atoms with van der Waals surface area (Å²) in [5.74, 6) is 0.648. The van der Waals surface area contributed by atoms with Crippen LogP contribution >= 0.6 is 0 Å². The van der Waals surface area contributed by atoms with E-state index in [1.54, 1.807) is 7.11 Å². The molecule has 0 radical (unpaired) electrons. The lowest BCUT2D eigenvalue weighted by atomic mass is 9.58. The van der Waals surface area contributed by atoms with E-state index in [4.69, 9.17) is 4.74 Å². The molecule has 7 nitrogen and oxygen atoms in total. The Morgan fingerprint density at radius 1 is 1.41 bits per heavy atom. The molecule has 3 aliphatic rings. The Morgan fingerprint density at radius 2 is 2.31 bits per heavy atom. The molecule has 0 aromatic carbocycles. The van der Waals surface area contributed by atoms with Crippen LogP contribution in [0.15, 0.2) is 36.8 Å². The lowest BCUT2D eigenvalue weighted by Crippen LogP contribution is -2.53. The third-order valence-corrected chi connectivity index (χ3v) is 6.84. The third-order valence-electron chi connectivity index (χ3n) is 6.84. The van der Waals surface area contributed by atoms with Crippen LogP contribution in [0.2, 0.25) is 0 Å². The van der Waals surface area contributed by atoms with Crippen molar-refractivity contribution in [3.05, 3.63) is 53.7 Å². The second kappa shape index (κ2) is 6.99. The number of hydrogen-bond acceptors (Lipinski definition) is 4. The smallest absolute Gasteiger partial charge is 0.224 e. The maximum Gasteiger partial charge on any atom is 0.224 e. The SMILES string of the molecule is COCCn1nccc1C12CCC(C1)C2C(=O)NCc1cn2cccc(C)c2n1. The molecule has 3 aromatic heterocycles. The molecule has 6 rings (SSSR count). The van der Waals surface area contributed by atoms with E-state index in [9.17, 15) is 4.79 Å². The summed E-state index contributed by atoms with van der Waals surface area (Å²) >= 11 is 0. The first kappa shape index (κ1) is 18.4. The number of imidazole rings is 1. The summed E-state index contributed by atoms with van der Waals surface area (Å²) in [6, 6.07) is 6.14. The van der Waals surface area contributed by atoms with Gasteiger partial charge in [0, 0.05) is 36.8 Å². The molecular weight excluding hydrogens is 366 g/mol. The Hall–Kier alpha value is -2.67. The second-order valence-corrected chi connectivity index (χ2v) is 8.44. The Bertz CT molecular complexity index is 1050. The molecule has 3 aliphatic carbocycles. The van der Waals surface area contributed by atoms with E-state index < -0.39 is 0 Å². The highest BCUT2D eigenvalue weighted by atomic mass is 16.5. The number of carbonyl (C=O) groups is 1. The molecule has 152 valence electrons. The molecule has 3 unspecified atom stereocenters. The van der Waals surface area contributed by atoms with Crippen LogP contribution < -0.4 is 5.32 Å². The molecule has 1 N–H and O–H groups in total. The number of hydrogen-bond donors (Lipinski definition) is 1. The standard InChI is InChI=1S/C22H27N5O2/c1-15-4-3-9-26-14-17(25-20(15)26)13-23-21(28)19-16-5-7-22(19,12-16)18-6-8-24-27(18)10-11-29-2/h3-4,6,8-9,14,16,19H,5,7,10-13H2,1-2H3,(H,23,28). The Balaban J connectivity index is 1.32. The van der Waals surface area contributed by atoms with Crippen molar-refractivity contribution in [2.24, 2.45) is 11.8 Å². The van der Waals surface area contributed by atoms with Crippen LogP contribution in [0, 0.1) is 18.8 Å². The molecular formula is C22H27N5O2. The fourth-order valence-corrected chi connectivity index (χ4v) is 5.52. The van der Waals surface area contributed by atoms with E-state index in [-0.39, 0.29) is 17.2 Å². The van der Waals surface area contributed by atoms with Crippen LogP contribution in [-0.4, -0.2) is 38.8 Å². The third kappa shape index (κ3) is 2.87. The largest absolute Gasteiger partial charge is 0.383 e. The van der Waals surface area contributed by atoms with E-state index in [1.165, 1.54) is 5.69 Å². The van der Waals surface area contributed by atoms with Crippen molar-refractivity contribution in [1.82, 2.24) is 24.5 Å². The van der Waals surface area contributed by atoms with Crippen molar-refractivity contribution in [3.8, 4) is 0 Å². The summed E-state index contributed by atoms with van der Waals surface area (Å²) in [5.41, 5.74) is 4.07. The van der Waals surface area contributed by atoms with Gasteiger partial charge in [-0.3, -0.25) is 9.48 Å². The molecule has 0 saturated heterocycles. The summed E-state index contributed by atoms with van der Waals surface area (Å²) < 4.78 is 9.26. The van der Waals surface area contributed by atoms with Gasteiger partial charge in [0.15, 0.2) is 0 Å². The van der Waals surface area contributed by atoms with Gasteiger partial charge in [0.05, 0.1) is 31.3 Å². The monoisotopic (exact) mass is 393 g/mol. The number of aromatic nitrogens is 4. The van der Waals surface area contributed by atoms with Crippen LogP contribution in [0.1, 0.15) is 36.2 Å². The summed E-state index contributed by atoms with van der Waals surface area (Å²) in [4.78, 5) is 17.8. The van der Waals surface area contributed by atoms with Gasteiger partial charge in [0.2, 0.25) is 5.91 Å². The minimum atomic E-state index is -0.0749. The van der Waals surface area contributed by atoms with Crippen molar-refractivity contribution < 1.29 is 9.53 Å². The number of carbonyl (C=O) groups excluding carboxylic acids is 1. The van der Waals surface area contributed by atoms with Gasteiger partial charge >= 0.3 is 0 Å². The number of aryl methyl sites for hydroxylation is 1. The quantitative estimate of drug-likeness (QED) is 0.669. The molecule has 0 spiro atoms. The van der Waals surface area contributed by atoms with Gasteiger partial charge in [0.1, 0.15) is 5.65 Å². The van der Waals surface area contributed by atoms with E-state index in [0.29, 0.717) is 19.1 Å². The predicted molar refractivity (Wildman–Crippen MR) is 108 cm³/mol. The van der Waals surface area contributed by atoms with Crippen molar-refractivity contribution in [1.29, 1.82) is 0 Å². The van der Waals surface area contributed by atoms with Gasteiger partial charge in [0.25, 0.3) is 0 Å². The molecule has 7 heteroatoms. The van der Waals surface area contributed by atoms with E-state index in [2.05, 4.69) is 21.5 Å². The molecule has 3 aromatic rings. The number of rotatable bonds is 7. The van der Waals surface area contributed by atoms with E-state index in [1.807, 2.05) is 46.7 Å². The van der Waals surface area contributed by atoms with Gasteiger partial charge in [-0.15, -0.1) is 0 Å². The number of fused-ring (bicyclic) bond motifs is 2. The average molecular weight is 393 g/mol. The fourth-order valence-electron chi connectivity index (χ4n) is 5.52. The van der Waals surface area contributed by atoms with Crippen LogP contribution in [0.4, 0.5) is 0 Å². The first-order chi connectivity index (χ1) is 14.1. The zero-order valence-electron chi connectivity index (χ0n) is 17.0. The van der Waals surface area contributed by atoms with Gasteiger partial charge in [-0.1, -0.05) is 6.07 Å². The lowest BCUT2D eigenvalue weighted by Gasteiger charge is -2.46. The van der Waals surface area contributed by atoms with Crippen LogP contribution in [0.3, 0.4) is 0 Å². The highest BCUT2D eigenvalue weighted by Crippen LogP contribution is 2.63. The first-order valence-electron chi connectivity index (χ1n) is 10.3. The minimum Gasteiger partial charge on any atom is -0.383 e. The Labute approximate surface area is 170 Å². The topological polar surface area (TPSA) is 73.5 Å². The number of ether oxygens (including phenoxy) is 1. The predicted octanol–water partition coefficient (Wildman–Crippen LogP) is 2.47. The molecule has 29 heavy (non-hydrogen) atoms. The summed E-state index contributed by atoms with van der Waals surface area (Å²) in [6.45, 7) is 3.86. The van der Waals surface area contributed by atoms with Crippen LogP contribution in [0.5, 0.6) is 0 Å². The molecule has 3 saturated carbocycles. The number of pyridine rings is 1. The second-order valence-electron chi connectivity index (χ2n) is 8.44. The fraction of sp³-hybridized carbons (Fsp3) is 0.500. The summed E-state index contributed by atoms with van der Waals surface area (Å²) in [7, 11) is 1.70. The molecule has 3 fully saturated rings. The maximum atomic E-state index is 13.2. The van der Waals surface area contributed by atoms with Crippen LogP contribution in [-0.2, 0) is 28.0 Å². The molecule has 0 aliphatic heterocycles. The van der Waals surface area contributed by atoms with E-state index in [0.717, 1.165) is 42.7 Å². The highest BCUT2D eigenvalue weighted by Gasteiger charge is 2.63. The highest BCUT2D eigenvalue weighted by molar-refractivity contribution is 5.82. The number of nitrogens with zero attached hydrogens (tertiary/aromatic N) is 4. The zero-order chi connectivity index (χ0) is 20.0. The van der Waals surface area contributed by atoms with Crippen molar-refractivity contribution >= 4 is 11.6 Å². The number of amides is 1. The molecule has 1 amide bonds. The molecule has 3 atom stereocenters. The molecule has 3 heterocycles. The Morgan fingerprint density at radius 3 is 3.10 bits per heavy atom. The Kier molecular flexibility index (Phi) is 4.42. The number of nitrogens with one attached hydrogen (secondary N) is 1. The van der Waals surface area contributed by atoms with E-state index >= 15 is 0 Å². The first-order valence-corrected chi connectivity index (χ1v) is 10.3. The number of methoxy groups -OCH3 is 1. The molecule has 2 bridgehead atoms. The maximum absolute atomic E-state index is 13.2. The normalized spacial score (nSPS) is 25.3. The van der Waals surface area contributed by atoms with Crippen LogP contribution in [0.25, 0.3) is 5.65 Å². The summed E-state index contributed by atoms with van der Waals surface area (Å²) in [6.07, 6.45) is 9.08. The average Bonchev–Trinajstić information content (AvgIpc) is 3.46. The minimum absolute atomic E-state index is 0.0271. The summed E-state index contributed by atoms with van der Waals surface area (Å²) in [5, 5.41) is 7.64. The van der Waals surface area contributed by atoms with Gasteiger partial charge < -0.3 is 14.5 Å². The zero-order valence-corrected chi connectivity index (χ0v) is 17.0. The van der Waals surface area contributed by atoms with Crippen molar-refractivity contribution in [2.75, 3.05) is 13.7 Å². The van der Waals surface area contributed by atoms with Gasteiger partial charge in [-0.05, 0) is 49.8 Å². The van der Waals surface area contributed by atoms with Crippen molar-refractivity contribution in [3.63, 3.8) is 0 Å². The van der Waals surface area contributed by atoms with Gasteiger partial charge in [-0.25, -0.2) is 4.98 Å². The lowest BCUT2D eigenvalue weighted by molar-refractivity contribution is -0.133. The van der Waals surface area contributed by atoms with Gasteiger partial charge in [-0.2, -0.15) is 5.10 Å². The van der Waals surface area contributed by atoms with Crippen molar-refractivity contribution in [2.45, 2.75) is 44.7 Å².